The van der Waals surface area contributed by atoms with Gasteiger partial charge in [0.1, 0.15) is 5.82 Å². The molecule has 0 bridgehead atoms. The molecule has 2 aromatic rings. The van der Waals surface area contributed by atoms with Gasteiger partial charge in [-0.1, -0.05) is 62.4 Å². The molecule has 32 heavy (non-hydrogen) atoms. The number of hydrogen-bond donors (Lipinski definition) is 2. The van der Waals surface area contributed by atoms with E-state index in [0.717, 1.165) is 26.1 Å². The lowest BCUT2D eigenvalue weighted by atomic mass is 9.84. The Bertz CT molecular complexity index is 913. The van der Waals surface area contributed by atoms with E-state index in [-0.39, 0.29) is 17.6 Å². The van der Waals surface area contributed by atoms with Crippen LogP contribution in [-0.2, 0) is 16.6 Å². The maximum Gasteiger partial charge on any atom is 0.223 e. The number of guanidine groups is 1. The molecule has 1 amide bonds. The fourth-order valence-corrected chi connectivity index (χ4v) is 4.07. The number of hydrogen-bond acceptors (Lipinski definition) is 2. The third-order valence-electron chi connectivity index (χ3n) is 5.95. The van der Waals surface area contributed by atoms with Crippen molar-refractivity contribution in [3.05, 3.63) is 71.5 Å². The Morgan fingerprint density at radius 3 is 2.56 bits per heavy atom. The Hall–Kier alpha value is -2.89. The van der Waals surface area contributed by atoms with E-state index in [1.807, 2.05) is 56.0 Å². The van der Waals surface area contributed by atoms with Crippen molar-refractivity contribution in [3.8, 4) is 0 Å². The van der Waals surface area contributed by atoms with Crippen LogP contribution in [-0.4, -0.2) is 49.5 Å². The molecular formula is C26H35FN4O. The molecule has 2 aromatic carbocycles. The lowest BCUT2D eigenvalue weighted by Gasteiger charge is -2.24. The fourth-order valence-electron chi connectivity index (χ4n) is 4.07. The molecule has 1 saturated heterocycles. The zero-order chi connectivity index (χ0) is 23.0. The molecule has 6 heteroatoms. The van der Waals surface area contributed by atoms with Crippen molar-refractivity contribution in [1.29, 1.82) is 0 Å². The molecule has 0 aliphatic carbocycles. The number of rotatable bonds is 9. The van der Waals surface area contributed by atoms with Crippen molar-refractivity contribution < 1.29 is 9.18 Å². The molecule has 172 valence electrons. The predicted octanol–water partition coefficient (Wildman–Crippen LogP) is 3.75. The molecule has 0 spiro atoms. The van der Waals surface area contributed by atoms with E-state index in [4.69, 9.17) is 4.99 Å². The number of benzene rings is 2. The molecule has 0 radical (unpaired) electrons. The quantitative estimate of drug-likeness (QED) is 0.463. The third kappa shape index (κ3) is 6.55. The highest BCUT2D eigenvalue weighted by Crippen LogP contribution is 2.26. The maximum atomic E-state index is 14.2. The molecular weight excluding hydrogens is 403 g/mol. The van der Waals surface area contributed by atoms with Crippen LogP contribution in [0.1, 0.15) is 38.3 Å². The zero-order valence-corrected chi connectivity index (χ0v) is 19.4. The van der Waals surface area contributed by atoms with Crippen molar-refractivity contribution in [2.75, 3.05) is 32.7 Å². The summed E-state index contributed by atoms with van der Waals surface area (Å²) in [5.74, 6) is 0.967. The van der Waals surface area contributed by atoms with E-state index in [9.17, 15) is 9.18 Å². The Balaban J connectivity index is 1.53. The van der Waals surface area contributed by atoms with Crippen molar-refractivity contribution in [2.24, 2.45) is 10.9 Å². The summed E-state index contributed by atoms with van der Waals surface area (Å²) in [6.07, 6.45) is 1.43. The topological polar surface area (TPSA) is 56.7 Å². The number of likely N-dealkylation sites (tertiary alicyclic amines) is 1. The average molecular weight is 439 g/mol. The van der Waals surface area contributed by atoms with E-state index >= 15 is 0 Å². The number of carbonyl (C=O) groups excluding carboxylic acids is 1. The van der Waals surface area contributed by atoms with E-state index in [2.05, 4.69) is 22.8 Å². The second-order valence-corrected chi connectivity index (χ2v) is 9.09. The SMILES string of the molecule is CCNC(=NCC(C)(C)c1ccccc1F)NCC1CC(=O)N(CCc2ccccc2)C1. The minimum atomic E-state index is -0.425. The molecule has 1 aliphatic rings. The maximum absolute atomic E-state index is 14.2. The minimum Gasteiger partial charge on any atom is -0.357 e. The number of carbonyl (C=O) groups is 1. The molecule has 1 heterocycles. The summed E-state index contributed by atoms with van der Waals surface area (Å²) in [6, 6.07) is 17.1. The van der Waals surface area contributed by atoms with Crippen LogP contribution >= 0.6 is 0 Å². The van der Waals surface area contributed by atoms with Crippen LogP contribution in [0.15, 0.2) is 59.6 Å². The Labute approximate surface area is 191 Å². The standard InChI is InChI=1S/C26H35FN4O/c1-4-28-25(30-19-26(2,3)22-12-8-9-13-23(22)27)29-17-21-16-24(32)31(18-21)15-14-20-10-6-5-7-11-20/h5-13,21H,4,14-19H2,1-3H3,(H2,28,29,30). The summed E-state index contributed by atoms with van der Waals surface area (Å²) in [5, 5.41) is 6.64. The Morgan fingerprint density at radius 1 is 1.12 bits per heavy atom. The smallest absolute Gasteiger partial charge is 0.223 e. The molecule has 0 aromatic heterocycles. The molecule has 0 saturated carbocycles. The van der Waals surface area contributed by atoms with Crippen LogP contribution in [0.5, 0.6) is 0 Å². The molecule has 2 N–H and O–H groups in total. The van der Waals surface area contributed by atoms with E-state index in [1.54, 1.807) is 6.07 Å². The van der Waals surface area contributed by atoms with Gasteiger partial charge in [0.2, 0.25) is 5.91 Å². The molecule has 1 fully saturated rings. The van der Waals surface area contributed by atoms with Crippen molar-refractivity contribution in [3.63, 3.8) is 0 Å². The van der Waals surface area contributed by atoms with Gasteiger partial charge in [-0.2, -0.15) is 0 Å². The van der Waals surface area contributed by atoms with Crippen molar-refractivity contribution in [2.45, 2.75) is 39.0 Å². The number of nitrogens with zero attached hydrogens (tertiary/aromatic N) is 2. The summed E-state index contributed by atoms with van der Waals surface area (Å²) in [4.78, 5) is 19.1. The van der Waals surface area contributed by atoms with Crippen LogP contribution in [0.25, 0.3) is 0 Å². The van der Waals surface area contributed by atoms with E-state index in [0.29, 0.717) is 31.0 Å². The van der Waals surface area contributed by atoms with Gasteiger partial charge in [0.05, 0.1) is 6.54 Å². The first-order chi connectivity index (χ1) is 15.4. The first kappa shape index (κ1) is 23.8. The van der Waals surface area contributed by atoms with Crippen LogP contribution in [0.4, 0.5) is 4.39 Å². The number of nitrogens with one attached hydrogen (secondary N) is 2. The van der Waals surface area contributed by atoms with Gasteiger partial charge in [-0.05, 0) is 30.5 Å². The molecule has 3 rings (SSSR count). The largest absolute Gasteiger partial charge is 0.357 e. The van der Waals surface area contributed by atoms with Gasteiger partial charge in [-0.3, -0.25) is 9.79 Å². The summed E-state index contributed by atoms with van der Waals surface area (Å²) in [7, 11) is 0. The Kier molecular flexibility index (Phi) is 8.26. The van der Waals surface area contributed by atoms with Gasteiger partial charge in [0, 0.05) is 43.9 Å². The lowest BCUT2D eigenvalue weighted by molar-refractivity contribution is -0.127. The summed E-state index contributed by atoms with van der Waals surface area (Å²) in [6.45, 7) is 9.40. The first-order valence-corrected chi connectivity index (χ1v) is 11.5. The Morgan fingerprint density at radius 2 is 1.84 bits per heavy atom. The van der Waals surface area contributed by atoms with Crippen LogP contribution in [0.3, 0.4) is 0 Å². The van der Waals surface area contributed by atoms with E-state index in [1.165, 1.54) is 11.6 Å². The second-order valence-electron chi connectivity index (χ2n) is 9.09. The molecule has 1 unspecified atom stereocenters. The summed E-state index contributed by atoms with van der Waals surface area (Å²) in [5.41, 5.74) is 1.49. The lowest BCUT2D eigenvalue weighted by Crippen LogP contribution is -2.41. The molecule has 1 aliphatic heterocycles. The summed E-state index contributed by atoms with van der Waals surface area (Å²) >= 11 is 0. The highest BCUT2D eigenvalue weighted by atomic mass is 19.1. The number of halogens is 1. The fraction of sp³-hybridized carbons (Fsp3) is 0.462. The average Bonchev–Trinajstić information content (AvgIpc) is 3.14. The van der Waals surface area contributed by atoms with Crippen molar-refractivity contribution >= 4 is 11.9 Å². The second kappa shape index (κ2) is 11.1. The number of aliphatic imine (C=N–C) groups is 1. The molecule has 5 nitrogen and oxygen atoms in total. The first-order valence-electron chi connectivity index (χ1n) is 11.5. The van der Waals surface area contributed by atoms with Crippen LogP contribution in [0, 0.1) is 11.7 Å². The highest BCUT2D eigenvalue weighted by Gasteiger charge is 2.29. The van der Waals surface area contributed by atoms with Crippen molar-refractivity contribution in [1.82, 2.24) is 15.5 Å². The van der Waals surface area contributed by atoms with Gasteiger partial charge >= 0.3 is 0 Å². The monoisotopic (exact) mass is 438 g/mol. The van der Waals surface area contributed by atoms with Gasteiger partial charge in [0.25, 0.3) is 0 Å². The van der Waals surface area contributed by atoms with Crippen LogP contribution in [0.2, 0.25) is 0 Å². The minimum absolute atomic E-state index is 0.203. The zero-order valence-electron chi connectivity index (χ0n) is 19.4. The number of amides is 1. The van der Waals surface area contributed by atoms with Gasteiger partial charge in [-0.25, -0.2) is 4.39 Å². The van der Waals surface area contributed by atoms with Crippen LogP contribution < -0.4 is 10.6 Å². The van der Waals surface area contributed by atoms with Gasteiger partial charge in [-0.15, -0.1) is 0 Å². The highest BCUT2D eigenvalue weighted by molar-refractivity contribution is 5.81. The van der Waals surface area contributed by atoms with Gasteiger partial charge in [0.15, 0.2) is 5.96 Å². The van der Waals surface area contributed by atoms with E-state index < -0.39 is 5.41 Å². The van der Waals surface area contributed by atoms with Gasteiger partial charge < -0.3 is 15.5 Å². The summed E-state index contributed by atoms with van der Waals surface area (Å²) < 4.78 is 14.2. The predicted molar refractivity (Wildman–Crippen MR) is 128 cm³/mol. The third-order valence-corrected chi connectivity index (χ3v) is 5.95. The molecule has 1 atom stereocenters. The normalized spacial score (nSPS) is 17.0.